The molecule has 2 aromatic rings. The van der Waals surface area contributed by atoms with Crippen LogP contribution in [0.4, 0.5) is 5.69 Å². The number of benzene rings is 2. The molecule has 0 aliphatic heterocycles. The lowest BCUT2D eigenvalue weighted by Gasteiger charge is -2.06. The average Bonchev–Trinajstić information content (AvgIpc) is 2.63. The standard InChI is InChI=1S/C20H20N2O4/c1-16(23)22-17-8-7-11-19(14-17)25-13-6-5-12-21-20(24)15-26-18-9-3-2-4-10-18/h2-4,7-11,14H,12-13,15H2,1H3,(H,21,24)(H,22,23). The zero-order chi connectivity index (χ0) is 18.6. The molecule has 134 valence electrons. The van der Waals surface area contributed by atoms with Crippen molar-refractivity contribution in [2.45, 2.75) is 6.92 Å². The monoisotopic (exact) mass is 352 g/mol. The van der Waals surface area contributed by atoms with Crippen molar-refractivity contribution in [2.75, 3.05) is 25.1 Å². The molecule has 0 radical (unpaired) electrons. The highest BCUT2D eigenvalue weighted by molar-refractivity contribution is 5.88. The van der Waals surface area contributed by atoms with Crippen molar-refractivity contribution in [3.8, 4) is 23.3 Å². The molecular weight excluding hydrogens is 332 g/mol. The molecule has 0 spiro atoms. The average molecular weight is 352 g/mol. The van der Waals surface area contributed by atoms with Crippen LogP contribution in [-0.4, -0.2) is 31.6 Å². The summed E-state index contributed by atoms with van der Waals surface area (Å²) >= 11 is 0. The Morgan fingerprint density at radius 1 is 0.962 bits per heavy atom. The third-order valence-electron chi connectivity index (χ3n) is 3.08. The largest absolute Gasteiger partial charge is 0.484 e. The summed E-state index contributed by atoms with van der Waals surface area (Å²) < 4.78 is 10.8. The quantitative estimate of drug-likeness (QED) is 0.749. The fraction of sp³-hybridized carbons (Fsp3) is 0.200. The summed E-state index contributed by atoms with van der Waals surface area (Å²) in [5, 5.41) is 5.32. The number of carbonyl (C=O) groups is 2. The van der Waals surface area contributed by atoms with Gasteiger partial charge in [-0.15, -0.1) is 0 Å². The molecule has 0 unspecified atom stereocenters. The van der Waals surface area contributed by atoms with E-state index in [1.807, 2.05) is 18.2 Å². The fourth-order valence-corrected chi connectivity index (χ4v) is 1.96. The molecule has 2 rings (SSSR count). The summed E-state index contributed by atoms with van der Waals surface area (Å²) in [6.45, 7) is 1.78. The van der Waals surface area contributed by atoms with Crippen LogP contribution in [0.3, 0.4) is 0 Å². The van der Waals surface area contributed by atoms with Crippen molar-refractivity contribution in [3.63, 3.8) is 0 Å². The third kappa shape index (κ3) is 7.41. The molecule has 2 amide bonds. The number of carbonyl (C=O) groups excluding carboxylic acids is 2. The van der Waals surface area contributed by atoms with E-state index in [0.29, 0.717) is 17.2 Å². The van der Waals surface area contributed by atoms with Gasteiger partial charge in [0.15, 0.2) is 6.61 Å². The predicted octanol–water partition coefficient (Wildman–Crippen LogP) is 2.22. The van der Waals surface area contributed by atoms with E-state index in [1.54, 1.807) is 36.4 Å². The van der Waals surface area contributed by atoms with Gasteiger partial charge in [0.05, 0.1) is 6.54 Å². The molecule has 0 heterocycles. The highest BCUT2D eigenvalue weighted by Crippen LogP contribution is 2.16. The highest BCUT2D eigenvalue weighted by atomic mass is 16.5. The van der Waals surface area contributed by atoms with Gasteiger partial charge in [-0.25, -0.2) is 0 Å². The Hall–Kier alpha value is -3.46. The number of para-hydroxylation sites is 1. The summed E-state index contributed by atoms with van der Waals surface area (Å²) in [5.41, 5.74) is 0.661. The second-order valence-electron chi connectivity index (χ2n) is 5.23. The van der Waals surface area contributed by atoms with Crippen molar-refractivity contribution in [1.82, 2.24) is 5.32 Å². The Bertz CT molecular complexity index is 794. The van der Waals surface area contributed by atoms with Gasteiger partial charge in [-0.2, -0.15) is 0 Å². The second-order valence-corrected chi connectivity index (χ2v) is 5.23. The zero-order valence-electron chi connectivity index (χ0n) is 14.5. The van der Waals surface area contributed by atoms with Crippen LogP contribution in [-0.2, 0) is 9.59 Å². The number of nitrogens with one attached hydrogen (secondary N) is 2. The van der Waals surface area contributed by atoms with E-state index in [9.17, 15) is 9.59 Å². The predicted molar refractivity (Wildman–Crippen MR) is 99.0 cm³/mol. The zero-order valence-corrected chi connectivity index (χ0v) is 14.5. The number of anilines is 1. The molecule has 26 heavy (non-hydrogen) atoms. The number of hydrogen-bond donors (Lipinski definition) is 2. The molecule has 6 nitrogen and oxygen atoms in total. The maximum atomic E-state index is 11.6. The summed E-state index contributed by atoms with van der Waals surface area (Å²) in [5.74, 6) is 6.46. The van der Waals surface area contributed by atoms with Gasteiger partial charge < -0.3 is 20.1 Å². The minimum absolute atomic E-state index is 0.0574. The maximum Gasteiger partial charge on any atom is 0.258 e. The minimum atomic E-state index is -0.243. The Morgan fingerprint density at radius 3 is 2.50 bits per heavy atom. The number of amides is 2. The molecule has 0 aromatic heterocycles. The lowest BCUT2D eigenvalue weighted by atomic mass is 10.3. The normalized spacial score (nSPS) is 9.42. The first-order valence-corrected chi connectivity index (χ1v) is 8.04. The minimum Gasteiger partial charge on any atom is -0.484 e. The first-order valence-electron chi connectivity index (χ1n) is 8.04. The SMILES string of the molecule is CC(=O)Nc1cccc(OCC#CCNC(=O)COc2ccccc2)c1. The van der Waals surface area contributed by atoms with Crippen LogP contribution in [0.2, 0.25) is 0 Å². The van der Waals surface area contributed by atoms with Crippen molar-refractivity contribution in [1.29, 1.82) is 0 Å². The summed E-state index contributed by atoms with van der Waals surface area (Å²) in [6, 6.07) is 16.2. The number of ether oxygens (including phenoxy) is 2. The lowest BCUT2D eigenvalue weighted by Crippen LogP contribution is -2.29. The van der Waals surface area contributed by atoms with E-state index < -0.39 is 0 Å². The Labute approximate surface area is 152 Å². The van der Waals surface area contributed by atoms with E-state index in [4.69, 9.17) is 9.47 Å². The van der Waals surface area contributed by atoms with E-state index in [1.165, 1.54) is 6.92 Å². The molecule has 0 atom stereocenters. The Kier molecular flexibility index (Phi) is 7.56. The molecule has 0 fully saturated rings. The molecule has 0 saturated carbocycles. The molecule has 0 aliphatic rings. The van der Waals surface area contributed by atoms with Crippen LogP contribution in [0.25, 0.3) is 0 Å². The van der Waals surface area contributed by atoms with Crippen LogP contribution in [0, 0.1) is 11.8 Å². The van der Waals surface area contributed by atoms with E-state index in [0.717, 1.165) is 0 Å². The molecule has 2 N–H and O–H groups in total. The second kappa shape index (κ2) is 10.4. The Morgan fingerprint density at radius 2 is 1.73 bits per heavy atom. The van der Waals surface area contributed by atoms with Gasteiger partial charge in [-0.3, -0.25) is 9.59 Å². The van der Waals surface area contributed by atoms with Gasteiger partial charge in [0, 0.05) is 18.7 Å². The van der Waals surface area contributed by atoms with Crippen LogP contribution in [0.15, 0.2) is 54.6 Å². The summed E-state index contributed by atoms with van der Waals surface area (Å²) in [6.07, 6.45) is 0. The lowest BCUT2D eigenvalue weighted by molar-refractivity contribution is -0.122. The van der Waals surface area contributed by atoms with Crippen molar-refractivity contribution < 1.29 is 19.1 Å². The smallest absolute Gasteiger partial charge is 0.258 e. The van der Waals surface area contributed by atoms with Crippen LogP contribution < -0.4 is 20.1 Å². The summed E-state index contributed by atoms with van der Waals surface area (Å²) in [7, 11) is 0. The van der Waals surface area contributed by atoms with Gasteiger partial charge in [-0.05, 0) is 24.3 Å². The van der Waals surface area contributed by atoms with Gasteiger partial charge in [0.25, 0.3) is 5.91 Å². The van der Waals surface area contributed by atoms with Crippen LogP contribution >= 0.6 is 0 Å². The molecular formula is C20H20N2O4. The van der Waals surface area contributed by atoms with Gasteiger partial charge in [0.2, 0.25) is 5.91 Å². The topological polar surface area (TPSA) is 76.7 Å². The first kappa shape index (κ1) is 18.9. The highest BCUT2D eigenvalue weighted by Gasteiger charge is 2.00. The number of rotatable bonds is 7. The van der Waals surface area contributed by atoms with Crippen LogP contribution in [0.1, 0.15) is 6.92 Å². The third-order valence-corrected chi connectivity index (χ3v) is 3.08. The Balaban J connectivity index is 1.64. The molecule has 6 heteroatoms. The van der Waals surface area contributed by atoms with E-state index in [-0.39, 0.29) is 31.6 Å². The summed E-state index contributed by atoms with van der Waals surface area (Å²) in [4.78, 5) is 22.6. The molecule has 0 bridgehead atoms. The maximum absolute atomic E-state index is 11.6. The molecule has 0 saturated heterocycles. The molecule has 2 aromatic carbocycles. The van der Waals surface area contributed by atoms with Crippen molar-refractivity contribution in [3.05, 3.63) is 54.6 Å². The van der Waals surface area contributed by atoms with Crippen molar-refractivity contribution in [2.24, 2.45) is 0 Å². The van der Waals surface area contributed by atoms with Crippen LogP contribution in [0.5, 0.6) is 11.5 Å². The fourth-order valence-electron chi connectivity index (χ4n) is 1.96. The van der Waals surface area contributed by atoms with Crippen molar-refractivity contribution >= 4 is 17.5 Å². The van der Waals surface area contributed by atoms with Gasteiger partial charge >= 0.3 is 0 Å². The van der Waals surface area contributed by atoms with E-state index >= 15 is 0 Å². The molecule has 0 aliphatic carbocycles. The first-order chi connectivity index (χ1) is 12.6. The van der Waals surface area contributed by atoms with E-state index in [2.05, 4.69) is 22.5 Å². The number of hydrogen-bond acceptors (Lipinski definition) is 4. The van der Waals surface area contributed by atoms with Gasteiger partial charge in [-0.1, -0.05) is 36.1 Å². The van der Waals surface area contributed by atoms with Gasteiger partial charge in [0.1, 0.15) is 18.1 Å².